The molecule has 1 rings (SSSR count). The number of carbonyl (C=O) groups is 1. The Labute approximate surface area is 117 Å². The monoisotopic (exact) mass is 271 g/mol. The van der Waals surface area contributed by atoms with Gasteiger partial charge in [0, 0.05) is 19.3 Å². The van der Waals surface area contributed by atoms with Gasteiger partial charge in [-0.2, -0.15) is 0 Å². The molecule has 0 radical (unpaired) electrons. The van der Waals surface area contributed by atoms with Crippen molar-refractivity contribution in [2.75, 3.05) is 19.8 Å². The van der Waals surface area contributed by atoms with E-state index in [4.69, 9.17) is 15.2 Å². The third-order valence-corrected chi connectivity index (χ3v) is 3.90. The number of esters is 1. The molecule has 0 aromatic heterocycles. The molecule has 0 aromatic rings. The number of hydrogen-bond donors (Lipinski definition) is 1. The van der Waals surface area contributed by atoms with Crippen molar-refractivity contribution < 1.29 is 14.3 Å². The molecule has 0 saturated carbocycles. The summed E-state index contributed by atoms with van der Waals surface area (Å²) in [6, 6.07) is 0. The smallest absolute Gasteiger partial charge is 0.306 e. The third-order valence-electron chi connectivity index (χ3n) is 3.90. The van der Waals surface area contributed by atoms with E-state index in [0.29, 0.717) is 32.1 Å². The first-order valence-corrected chi connectivity index (χ1v) is 7.40. The van der Waals surface area contributed by atoms with Gasteiger partial charge in [0.15, 0.2) is 0 Å². The van der Waals surface area contributed by atoms with Crippen LogP contribution in [-0.4, -0.2) is 31.8 Å². The van der Waals surface area contributed by atoms with Gasteiger partial charge >= 0.3 is 5.97 Å². The van der Waals surface area contributed by atoms with E-state index in [2.05, 4.69) is 20.8 Å². The zero-order valence-corrected chi connectivity index (χ0v) is 12.6. The van der Waals surface area contributed by atoms with Crippen LogP contribution in [0.3, 0.4) is 0 Å². The number of ether oxygens (including phenoxy) is 2. The highest BCUT2D eigenvalue weighted by molar-refractivity contribution is 5.69. The van der Waals surface area contributed by atoms with Gasteiger partial charge in [0.25, 0.3) is 0 Å². The van der Waals surface area contributed by atoms with E-state index in [1.807, 2.05) is 0 Å². The highest BCUT2D eigenvalue weighted by Crippen LogP contribution is 2.32. The van der Waals surface area contributed by atoms with Crippen LogP contribution < -0.4 is 5.73 Å². The number of hydrogen-bond acceptors (Lipinski definition) is 4. The molecule has 1 atom stereocenters. The molecule has 0 spiro atoms. The molecule has 1 aliphatic heterocycles. The molecule has 1 unspecified atom stereocenters. The molecule has 1 aliphatic rings. The second-order valence-electron chi connectivity index (χ2n) is 6.48. The van der Waals surface area contributed by atoms with Crippen LogP contribution in [0.2, 0.25) is 0 Å². The van der Waals surface area contributed by atoms with Crippen LogP contribution in [0, 0.1) is 11.3 Å². The fourth-order valence-corrected chi connectivity index (χ4v) is 2.54. The zero-order valence-electron chi connectivity index (χ0n) is 12.6. The van der Waals surface area contributed by atoms with Crippen LogP contribution in [0.15, 0.2) is 0 Å². The van der Waals surface area contributed by atoms with Crippen LogP contribution in [0.25, 0.3) is 0 Å². The van der Waals surface area contributed by atoms with E-state index in [9.17, 15) is 4.79 Å². The Balaban J connectivity index is 2.30. The summed E-state index contributed by atoms with van der Waals surface area (Å²) in [6.07, 6.45) is 4.05. The molecule has 4 heteroatoms. The summed E-state index contributed by atoms with van der Waals surface area (Å²) in [6.45, 7) is 8.70. The van der Waals surface area contributed by atoms with Gasteiger partial charge in [-0.05, 0) is 30.7 Å². The lowest BCUT2D eigenvalue weighted by Gasteiger charge is -2.30. The maximum atomic E-state index is 11.9. The van der Waals surface area contributed by atoms with Crippen molar-refractivity contribution in [3.63, 3.8) is 0 Å². The van der Waals surface area contributed by atoms with Crippen molar-refractivity contribution in [3.05, 3.63) is 0 Å². The second-order valence-corrected chi connectivity index (χ2v) is 6.48. The summed E-state index contributed by atoms with van der Waals surface area (Å²) in [5, 5.41) is 0. The van der Waals surface area contributed by atoms with E-state index < -0.39 is 0 Å². The summed E-state index contributed by atoms with van der Waals surface area (Å²) in [7, 11) is 0. The minimum Gasteiger partial charge on any atom is -0.462 e. The van der Waals surface area contributed by atoms with Crippen LogP contribution in [-0.2, 0) is 14.3 Å². The first kappa shape index (κ1) is 16.4. The lowest BCUT2D eigenvalue weighted by atomic mass is 9.76. The van der Waals surface area contributed by atoms with Gasteiger partial charge in [-0.1, -0.05) is 20.8 Å². The van der Waals surface area contributed by atoms with Gasteiger partial charge in [-0.3, -0.25) is 4.79 Å². The van der Waals surface area contributed by atoms with Crippen LogP contribution in [0.1, 0.15) is 52.9 Å². The standard InChI is InChI=1S/C15H29NO3/c1-15(2,3)12(6-9-16)4-5-14(17)19-13-7-10-18-11-8-13/h12-13H,4-11,16H2,1-3H3. The Hall–Kier alpha value is -0.610. The predicted molar refractivity (Wildman–Crippen MR) is 75.8 cm³/mol. The lowest BCUT2D eigenvalue weighted by molar-refractivity contribution is -0.153. The topological polar surface area (TPSA) is 61.6 Å². The van der Waals surface area contributed by atoms with Gasteiger partial charge in [0.2, 0.25) is 0 Å². The molecule has 4 nitrogen and oxygen atoms in total. The molecule has 19 heavy (non-hydrogen) atoms. The molecular formula is C15H29NO3. The summed E-state index contributed by atoms with van der Waals surface area (Å²) >= 11 is 0. The van der Waals surface area contributed by atoms with Crippen LogP contribution in [0.5, 0.6) is 0 Å². The number of carbonyl (C=O) groups excluding carboxylic acids is 1. The van der Waals surface area contributed by atoms with E-state index >= 15 is 0 Å². The Morgan fingerprint density at radius 2 is 1.95 bits per heavy atom. The van der Waals surface area contributed by atoms with Gasteiger partial charge in [0.1, 0.15) is 6.10 Å². The molecule has 1 saturated heterocycles. The summed E-state index contributed by atoms with van der Waals surface area (Å²) in [5.41, 5.74) is 5.84. The molecule has 2 N–H and O–H groups in total. The first-order valence-electron chi connectivity index (χ1n) is 7.40. The normalized spacial score (nSPS) is 19.2. The van der Waals surface area contributed by atoms with Crippen molar-refractivity contribution in [1.82, 2.24) is 0 Å². The number of nitrogens with two attached hydrogens (primary N) is 1. The van der Waals surface area contributed by atoms with E-state index in [1.54, 1.807) is 0 Å². The molecule has 0 aliphatic carbocycles. The first-order chi connectivity index (χ1) is 8.93. The average Bonchev–Trinajstić information content (AvgIpc) is 2.34. The second kappa shape index (κ2) is 7.85. The van der Waals surface area contributed by atoms with Crippen molar-refractivity contribution in [1.29, 1.82) is 0 Å². The minimum absolute atomic E-state index is 0.0591. The molecular weight excluding hydrogens is 242 g/mol. The average molecular weight is 271 g/mol. The highest BCUT2D eigenvalue weighted by Gasteiger charge is 2.25. The number of rotatable bonds is 6. The van der Waals surface area contributed by atoms with E-state index in [1.165, 1.54) is 0 Å². The molecule has 0 amide bonds. The zero-order chi connectivity index (χ0) is 14.3. The quantitative estimate of drug-likeness (QED) is 0.754. The summed E-state index contributed by atoms with van der Waals surface area (Å²) in [4.78, 5) is 11.9. The predicted octanol–water partition coefficient (Wildman–Crippen LogP) is 2.50. The van der Waals surface area contributed by atoms with E-state index in [0.717, 1.165) is 25.7 Å². The molecule has 1 fully saturated rings. The third kappa shape index (κ3) is 6.39. The Morgan fingerprint density at radius 3 is 2.47 bits per heavy atom. The van der Waals surface area contributed by atoms with Crippen molar-refractivity contribution in [2.45, 2.75) is 59.0 Å². The van der Waals surface area contributed by atoms with Crippen molar-refractivity contribution in [2.24, 2.45) is 17.1 Å². The van der Waals surface area contributed by atoms with Crippen molar-refractivity contribution in [3.8, 4) is 0 Å². The largest absolute Gasteiger partial charge is 0.462 e. The SMILES string of the molecule is CC(C)(C)C(CCN)CCC(=O)OC1CCOCC1. The van der Waals surface area contributed by atoms with Crippen molar-refractivity contribution >= 4 is 5.97 Å². The minimum atomic E-state index is -0.0711. The highest BCUT2D eigenvalue weighted by atomic mass is 16.5. The van der Waals surface area contributed by atoms with Gasteiger partial charge in [-0.25, -0.2) is 0 Å². The maximum Gasteiger partial charge on any atom is 0.306 e. The van der Waals surface area contributed by atoms with Crippen LogP contribution in [0.4, 0.5) is 0 Å². The van der Waals surface area contributed by atoms with Gasteiger partial charge in [0.05, 0.1) is 13.2 Å². The molecule has 0 aromatic carbocycles. The summed E-state index contributed by atoms with van der Waals surface area (Å²) in [5.74, 6) is 0.401. The fraction of sp³-hybridized carbons (Fsp3) is 0.933. The Kier molecular flexibility index (Phi) is 6.80. The summed E-state index contributed by atoms with van der Waals surface area (Å²) < 4.78 is 10.7. The molecule has 112 valence electrons. The fourth-order valence-electron chi connectivity index (χ4n) is 2.54. The lowest BCUT2D eigenvalue weighted by Crippen LogP contribution is -2.28. The van der Waals surface area contributed by atoms with Crippen LogP contribution >= 0.6 is 0 Å². The Bertz CT molecular complexity index is 267. The van der Waals surface area contributed by atoms with Gasteiger partial charge in [-0.15, -0.1) is 0 Å². The molecule has 1 heterocycles. The molecule has 0 bridgehead atoms. The Morgan fingerprint density at radius 1 is 1.32 bits per heavy atom. The van der Waals surface area contributed by atoms with E-state index in [-0.39, 0.29) is 17.5 Å². The van der Waals surface area contributed by atoms with Gasteiger partial charge < -0.3 is 15.2 Å². The maximum absolute atomic E-state index is 11.9.